The summed E-state index contributed by atoms with van der Waals surface area (Å²) in [5.41, 5.74) is 0. The number of nitrogens with zero attached hydrogens (tertiary/aromatic N) is 2. The normalized spacial score (nSPS) is 20.5. The van der Waals surface area contributed by atoms with Crippen LogP contribution in [-0.2, 0) is 9.53 Å². The Morgan fingerprint density at radius 3 is 2.95 bits per heavy atom. The van der Waals surface area contributed by atoms with Gasteiger partial charge in [0.25, 0.3) is 0 Å². The number of rotatable bonds is 3. The van der Waals surface area contributed by atoms with Gasteiger partial charge in [0.15, 0.2) is 6.04 Å². The van der Waals surface area contributed by atoms with E-state index in [0.717, 1.165) is 4.88 Å². The van der Waals surface area contributed by atoms with Crippen molar-refractivity contribution >= 4 is 23.3 Å². The Balaban J connectivity index is 2.10. The molecule has 0 aromatic carbocycles. The minimum absolute atomic E-state index is 0.0439. The fourth-order valence-corrected chi connectivity index (χ4v) is 2.95. The van der Waals surface area contributed by atoms with Crippen molar-refractivity contribution < 1.29 is 19.4 Å². The minimum atomic E-state index is -1.03. The first-order valence-electron chi connectivity index (χ1n) is 6.39. The number of carboxylic acid groups (broad SMARTS) is 1. The van der Waals surface area contributed by atoms with Gasteiger partial charge in [-0.25, -0.2) is 9.59 Å². The molecule has 20 heavy (non-hydrogen) atoms. The molecule has 2 rings (SSSR count). The number of morpholine rings is 1. The van der Waals surface area contributed by atoms with Crippen molar-refractivity contribution in [3.63, 3.8) is 0 Å². The van der Waals surface area contributed by atoms with Crippen molar-refractivity contribution in [3.05, 3.63) is 22.4 Å². The second-order valence-corrected chi connectivity index (χ2v) is 5.69. The summed E-state index contributed by atoms with van der Waals surface area (Å²) in [4.78, 5) is 27.7. The molecular formula is C13H18N2O4S. The quantitative estimate of drug-likeness (QED) is 0.921. The molecule has 0 aliphatic carbocycles. The predicted octanol–water partition coefficient (Wildman–Crippen LogP) is 1.65. The van der Waals surface area contributed by atoms with Crippen LogP contribution in [0.4, 0.5) is 4.79 Å². The zero-order valence-electron chi connectivity index (χ0n) is 11.5. The third kappa shape index (κ3) is 2.94. The number of hydrogen-bond donors (Lipinski definition) is 1. The largest absolute Gasteiger partial charge is 0.480 e. The van der Waals surface area contributed by atoms with Crippen LogP contribution >= 0.6 is 11.3 Å². The number of carbonyl (C=O) groups excluding carboxylic acids is 1. The van der Waals surface area contributed by atoms with Crippen LogP contribution < -0.4 is 0 Å². The van der Waals surface area contributed by atoms with Crippen LogP contribution in [0.1, 0.15) is 17.8 Å². The fourth-order valence-electron chi connectivity index (χ4n) is 2.13. The molecule has 2 unspecified atom stereocenters. The van der Waals surface area contributed by atoms with Crippen LogP contribution in [0.5, 0.6) is 0 Å². The number of amides is 2. The molecule has 1 saturated heterocycles. The van der Waals surface area contributed by atoms with Crippen molar-refractivity contribution in [2.45, 2.75) is 19.0 Å². The molecule has 1 fully saturated rings. The zero-order chi connectivity index (χ0) is 14.7. The average Bonchev–Trinajstić information content (AvgIpc) is 2.99. The van der Waals surface area contributed by atoms with Gasteiger partial charge in [-0.05, 0) is 18.4 Å². The van der Waals surface area contributed by atoms with E-state index in [9.17, 15) is 14.7 Å². The third-order valence-corrected chi connectivity index (χ3v) is 4.54. The summed E-state index contributed by atoms with van der Waals surface area (Å²) < 4.78 is 5.15. The molecule has 2 atom stereocenters. The summed E-state index contributed by atoms with van der Waals surface area (Å²) in [6, 6.07) is 2.63. The summed E-state index contributed by atoms with van der Waals surface area (Å²) in [6.07, 6.45) is 0. The number of aliphatic carboxylic acids is 1. The predicted molar refractivity (Wildman–Crippen MR) is 74.8 cm³/mol. The van der Waals surface area contributed by atoms with E-state index in [1.54, 1.807) is 23.3 Å². The van der Waals surface area contributed by atoms with E-state index in [1.807, 2.05) is 24.4 Å². The summed E-state index contributed by atoms with van der Waals surface area (Å²) in [5, 5.41) is 11.1. The van der Waals surface area contributed by atoms with Crippen molar-refractivity contribution in [1.29, 1.82) is 0 Å². The molecule has 0 spiro atoms. The van der Waals surface area contributed by atoms with Crippen LogP contribution in [0, 0.1) is 0 Å². The van der Waals surface area contributed by atoms with Gasteiger partial charge < -0.3 is 19.6 Å². The number of carboxylic acids is 1. The van der Waals surface area contributed by atoms with E-state index in [2.05, 4.69) is 0 Å². The monoisotopic (exact) mass is 298 g/mol. The Morgan fingerprint density at radius 1 is 1.60 bits per heavy atom. The Morgan fingerprint density at radius 2 is 2.35 bits per heavy atom. The molecule has 1 aromatic rings. The Kier molecular flexibility index (Phi) is 4.61. The Labute approximate surface area is 121 Å². The maximum atomic E-state index is 12.5. The highest BCUT2D eigenvalue weighted by atomic mass is 32.1. The fraction of sp³-hybridized carbons (Fsp3) is 0.538. The molecule has 110 valence electrons. The van der Waals surface area contributed by atoms with Crippen molar-refractivity contribution in [3.8, 4) is 0 Å². The standard InChI is InChI=1S/C13H18N2O4S/c1-9(11-4-3-7-20-11)14(2)13(18)15-5-6-19-8-10(15)12(16)17/h3-4,7,9-10H,5-6,8H2,1-2H3,(H,16,17). The molecule has 1 aliphatic rings. The van der Waals surface area contributed by atoms with E-state index in [-0.39, 0.29) is 18.7 Å². The smallest absolute Gasteiger partial charge is 0.328 e. The Hall–Kier alpha value is -1.60. The molecule has 0 bridgehead atoms. The van der Waals surface area contributed by atoms with Crippen LogP contribution in [-0.4, -0.2) is 59.8 Å². The van der Waals surface area contributed by atoms with Gasteiger partial charge in [0.05, 0.1) is 19.3 Å². The molecule has 2 heterocycles. The highest BCUT2D eigenvalue weighted by molar-refractivity contribution is 7.10. The summed E-state index contributed by atoms with van der Waals surface area (Å²) in [6.45, 7) is 2.65. The molecule has 7 heteroatoms. The molecule has 0 radical (unpaired) electrons. The summed E-state index contributed by atoms with van der Waals surface area (Å²) in [7, 11) is 1.70. The van der Waals surface area contributed by atoms with Gasteiger partial charge in [-0.1, -0.05) is 6.07 Å². The number of ether oxygens (including phenoxy) is 1. The molecule has 1 aliphatic heterocycles. The van der Waals surface area contributed by atoms with E-state index >= 15 is 0 Å². The van der Waals surface area contributed by atoms with Crippen LogP contribution in [0.2, 0.25) is 0 Å². The van der Waals surface area contributed by atoms with Gasteiger partial charge in [-0.15, -0.1) is 11.3 Å². The lowest BCUT2D eigenvalue weighted by molar-refractivity contribution is -0.147. The van der Waals surface area contributed by atoms with E-state index in [1.165, 1.54) is 4.90 Å². The zero-order valence-corrected chi connectivity index (χ0v) is 12.3. The van der Waals surface area contributed by atoms with Gasteiger partial charge in [0, 0.05) is 18.5 Å². The number of urea groups is 1. The van der Waals surface area contributed by atoms with Crippen LogP contribution in [0.25, 0.3) is 0 Å². The lowest BCUT2D eigenvalue weighted by Gasteiger charge is -2.37. The maximum Gasteiger partial charge on any atom is 0.328 e. The highest BCUT2D eigenvalue weighted by Gasteiger charge is 2.35. The lowest BCUT2D eigenvalue weighted by atomic mass is 10.2. The van der Waals surface area contributed by atoms with Gasteiger partial charge in [-0.2, -0.15) is 0 Å². The summed E-state index contributed by atoms with van der Waals surface area (Å²) in [5.74, 6) is -1.03. The molecule has 2 amide bonds. The minimum Gasteiger partial charge on any atom is -0.480 e. The first-order chi connectivity index (χ1) is 9.52. The van der Waals surface area contributed by atoms with Gasteiger partial charge in [-0.3, -0.25) is 0 Å². The number of hydrogen-bond acceptors (Lipinski definition) is 4. The van der Waals surface area contributed by atoms with Crippen molar-refractivity contribution in [1.82, 2.24) is 9.80 Å². The molecule has 1 aromatic heterocycles. The lowest BCUT2D eigenvalue weighted by Crippen LogP contribution is -2.56. The van der Waals surface area contributed by atoms with Crippen molar-refractivity contribution in [2.75, 3.05) is 26.8 Å². The van der Waals surface area contributed by atoms with Gasteiger partial charge >= 0.3 is 12.0 Å². The van der Waals surface area contributed by atoms with Crippen LogP contribution in [0.3, 0.4) is 0 Å². The third-order valence-electron chi connectivity index (χ3n) is 3.50. The van der Waals surface area contributed by atoms with Crippen molar-refractivity contribution in [2.24, 2.45) is 0 Å². The number of thiophene rings is 1. The van der Waals surface area contributed by atoms with Crippen LogP contribution in [0.15, 0.2) is 17.5 Å². The molecule has 0 saturated carbocycles. The SMILES string of the molecule is CC(c1cccs1)N(C)C(=O)N1CCOCC1C(=O)O. The molecule has 1 N–H and O–H groups in total. The second-order valence-electron chi connectivity index (χ2n) is 4.71. The maximum absolute atomic E-state index is 12.5. The molecular weight excluding hydrogens is 280 g/mol. The second kappa shape index (κ2) is 6.23. The number of carbonyl (C=O) groups is 2. The first kappa shape index (κ1) is 14.8. The van der Waals surface area contributed by atoms with E-state index < -0.39 is 12.0 Å². The first-order valence-corrected chi connectivity index (χ1v) is 7.27. The summed E-state index contributed by atoms with van der Waals surface area (Å²) >= 11 is 1.58. The Bertz CT molecular complexity index is 477. The molecule has 6 nitrogen and oxygen atoms in total. The van der Waals surface area contributed by atoms with Gasteiger partial charge in [0.2, 0.25) is 0 Å². The topological polar surface area (TPSA) is 70.1 Å². The van der Waals surface area contributed by atoms with Gasteiger partial charge in [0.1, 0.15) is 0 Å². The average molecular weight is 298 g/mol. The van der Waals surface area contributed by atoms with E-state index in [4.69, 9.17) is 4.74 Å². The highest BCUT2D eigenvalue weighted by Crippen LogP contribution is 2.25. The van der Waals surface area contributed by atoms with E-state index in [0.29, 0.717) is 13.2 Å².